The van der Waals surface area contributed by atoms with Gasteiger partial charge in [-0.05, 0) is 54.3 Å². The third-order valence-electron chi connectivity index (χ3n) is 4.41. The molecule has 142 valence electrons. The lowest BCUT2D eigenvalue weighted by Gasteiger charge is -2.29. The van der Waals surface area contributed by atoms with Gasteiger partial charge in [-0.25, -0.2) is 0 Å². The topological polar surface area (TPSA) is 55.8 Å². The number of carbonyl (C=O) groups is 2. The first-order valence-corrected chi connectivity index (χ1v) is 9.30. The highest BCUT2D eigenvalue weighted by atomic mass is 35.5. The zero-order chi connectivity index (χ0) is 19.4. The number of ether oxygens (including phenoxy) is 2. The predicted octanol–water partition coefficient (Wildman–Crippen LogP) is 4.07. The molecule has 0 fully saturated rings. The monoisotopic (exact) mass is 407 g/mol. The third-order valence-corrected chi connectivity index (χ3v) is 5.00. The Hall–Kier alpha value is -2.24. The molecule has 0 aliphatic carbocycles. The Bertz CT molecular complexity index is 869. The quantitative estimate of drug-likeness (QED) is 0.700. The minimum Gasteiger partial charge on any atom is -0.497 e. The number of amides is 1. The van der Waals surface area contributed by atoms with Crippen LogP contribution in [0.15, 0.2) is 36.4 Å². The molecule has 5 nitrogen and oxygen atoms in total. The van der Waals surface area contributed by atoms with Crippen molar-refractivity contribution in [3.63, 3.8) is 0 Å². The summed E-state index contributed by atoms with van der Waals surface area (Å²) in [5.74, 6) is -0.00877. The van der Waals surface area contributed by atoms with Crippen molar-refractivity contribution in [3.8, 4) is 5.75 Å². The van der Waals surface area contributed by atoms with Crippen LogP contribution in [0.2, 0.25) is 10.0 Å². The smallest absolute Gasteiger partial charge is 0.310 e. The highest BCUT2D eigenvalue weighted by Gasteiger charge is 2.24. The van der Waals surface area contributed by atoms with Gasteiger partial charge in [0.15, 0.2) is 6.61 Å². The van der Waals surface area contributed by atoms with Crippen LogP contribution in [0.4, 0.5) is 5.69 Å². The molecule has 0 unspecified atom stereocenters. The van der Waals surface area contributed by atoms with Crippen LogP contribution in [0.25, 0.3) is 0 Å². The number of aryl methyl sites for hydroxylation is 1. The van der Waals surface area contributed by atoms with Gasteiger partial charge in [-0.2, -0.15) is 0 Å². The van der Waals surface area contributed by atoms with E-state index in [1.807, 2.05) is 18.2 Å². The van der Waals surface area contributed by atoms with Crippen LogP contribution >= 0.6 is 23.2 Å². The molecular weight excluding hydrogens is 389 g/mol. The van der Waals surface area contributed by atoms with Crippen molar-refractivity contribution in [1.29, 1.82) is 0 Å². The maximum absolute atomic E-state index is 12.6. The van der Waals surface area contributed by atoms with E-state index in [1.54, 1.807) is 30.2 Å². The minimum absolute atomic E-state index is 0.0168. The first-order chi connectivity index (χ1) is 13.0. The minimum atomic E-state index is -0.514. The van der Waals surface area contributed by atoms with Gasteiger partial charge in [0.25, 0.3) is 5.91 Å². The summed E-state index contributed by atoms with van der Waals surface area (Å²) in [6, 6.07) is 10.5. The molecule has 2 aromatic carbocycles. The summed E-state index contributed by atoms with van der Waals surface area (Å²) < 4.78 is 10.4. The second kappa shape index (κ2) is 8.63. The molecule has 0 atom stereocenters. The number of methoxy groups -OCH3 is 1. The van der Waals surface area contributed by atoms with E-state index in [0.29, 0.717) is 22.2 Å². The Balaban J connectivity index is 1.60. The molecule has 1 heterocycles. The second-order valence-corrected chi connectivity index (χ2v) is 7.06. The van der Waals surface area contributed by atoms with E-state index in [9.17, 15) is 9.59 Å². The summed E-state index contributed by atoms with van der Waals surface area (Å²) in [7, 11) is 1.61. The molecule has 0 radical (unpaired) electrons. The number of esters is 1. The molecule has 2 aromatic rings. The Morgan fingerprint density at radius 2 is 1.96 bits per heavy atom. The lowest BCUT2D eigenvalue weighted by Crippen LogP contribution is -2.38. The summed E-state index contributed by atoms with van der Waals surface area (Å²) in [6.45, 7) is 0.286. The van der Waals surface area contributed by atoms with Gasteiger partial charge < -0.3 is 14.4 Å². The molecule has 3 rings (SSSR count). The van der Waals surface area contributed by atoms with Crippen LogP contribution in [0, 0.1) is 0 Å². The molecule has 1 amide bonds. The second-order valence-electron chi connectivity index (χ2n) is 6.22. The molecule has 0 N–H and O–H groups in total. The van der Waals surface area contributed by atoms with Gasteiger partial charge in [-0.3, -0.25) is 9.59 Å². The molecule has 0 saturated carbocycles. The van der Waals surface area contributed by atoms with Gasteiger partial charge in [0.05, 0.1) is 13.5 Å². The van der Waals surface area contributed by atoms with Crippen molar-refractivity contribution in [2.24, 2.45) is 0 Å². The number of halogens is 2. The van der Waals surface area contributed by atoms with Crippen molar-refractivity contribution < 1.29 is 19.1 Å². The maximum atomic E-state index is 12.6. The third kappa shape index (κ3) is 4.73. The first-order valence-electron chi connectivity index (χ1n) is 8.55. The zero-order valence-corrected chi connectivity index (χ0v) is 16.3. The Labute approximate surface area is 167 Å². The Morgan fingerprint density at radius 3 is 2.70 bits per heavy atom. The lowest BCUT2D eigenvalue weighted by molar-refractivity contribution is -0.147. The van der Waals surface area contributed by atoms with Crippen LogP contribution in [-0.2, 0) is 27.2 Å². The number of anilines is 1. The van der Waals surface area contributed by atoms with E-state index in [0.717, 1.165) is 29.8 Å². The van der Waals surface area contributed by atoms with Crippen LogP contribution in [0.1, 0.15) is 17.5 Å². The highest BCUT2D eigenvalue weighted by molar-refractivity contribution is 6.35. The lowest BCUT2D eigenvalue weighted by atomic mass is 10.0. The predicted molar refractivity (Wildman–Crippen MR) is 105 cm³/mol. The van der Waals surface area contributed by atoms with Gasteiger partial charge in [-0.15, -0.1) is 0 Å². The van der Waals surface area contributed by atoms with Crippen molar-refractivity contribution in [2.45, 2.75) is 19.3 Å². The average molecular weight is 408 g/mol. The average Bonchev–Trinajstić information content (AvgIpc) is 2.67. The zero-order valence-electron chi connectivity index (χ0n) is 14.8. The van der Waals surface area contributed by atoms with E-state index in [2.05, 4.69) is 0 Å². The SMILES string of the molecule is COc1ccc2c(c1)CCCN2C(=O)COC(=O)Cc1ccc(Cl)cc1Cl. The first kappa shape index (κ1) is 19.5. The molecule has 0 bridgehead atoms. The highest BCUT2D eigenvalue weighted by Crippen LogP contribution is 2.30. The summed E-state index contributed by atoms with van der Waals surface area (Å²) in [5, 5.41) is 0.886. The number of nitrogens with zero attached hydrogens (tertiary/aromatic N) is 1. The van der Waals surface area contributed by atoms with Crippen molar-refractivity contribution >= 4 is 40.8 Å². The number of rotatable bonds is 5. The van der Waals surface area contributed by atoms with E-state index in [4.69, 9.17) is 32.7 Å². The van der Waals surface area contributed by atoms with E-state index >= 15 is 0 Å². The van der Waals surface area contributed by atoms with Crippen LogP contribution in [0.3, 0.4) is 0 Å². The number of hydrogen-bond donors (Lipinski definition) is 0. The number of fused-ring (bicyclic) bond motifs is 1. The normalized spacial score (nSPS) is 13.1. The molecule has 1 aliphatic rings. The Kier molecular flexibility index (Phi) is 6.24. The maximum Gasteiger partial charge on any atom is 0.310 e. The summed E-state index contributed by atoms with van der Waals surface area (Å²) in [6.07, 6.45) is 1.71. The Morgan fingerprint density at radius 1 is 1.15 bits per heavy atom. The van der Waals surface area contributed by atoms with Crippen molar-refractivity contribution in [3.05, 3.63) is 57.6 Å². The van der Waals surface area contributed by atoms with Crippen LogP contribution in [0.5, 0.6) is 5.75 Å². The van der Waals surface area contributed by atoms with Crippen LogP contribution in [-0.4, -0.2) is 32.1 Å². The largest absolute Gasteiger partial charge is 0.497 e. The summed E-state index contributed by atoms with van der Waals surface area (Å²) in [4.78, 5) is 26.3. The fourth-order valence-corrected chi connectivity index (χ4v) is 3.53. The van der Waals surface area contributed by atoms with Gasteiger partial charge in [0.2, 0.25) is 0 Å². The number of benzene rings is 2. The molecule has 7 heteroatoms. The summed E-state index contributed by atoms with van der Waals surface area (Å²) >= 11 is 11.9. The molecule has 0 saturated heterocycles. The standard InChI is InChI=1S/C20H19Cl2NO4/c1-26-16-6-7-18-14(9-16)3-2-8-23(18)19(24)12-27-20(25)10-13-4-5-15(21)11-17(13)22/h4-7,9,11H,2-3,8,10,12H2,1H3. The van der Waals surface area contributed by atoms with Crippen LogP contribution < -0.4 is 9.64 Å². The van der Waals surface area contributed by atoms with Crippen molar-refractivity contribution in [1.82, 2.24) is 0 Å². The van der Waals surface area contributed by atoms with Gasteiger partial charge in [0.1, 0.15) is 5.75 Å². The van der Waals surface area contributed by atoms with E-state index in [1.165, 1.54) is 0 Å². The number of carbonyl (C=O) groups excluding carboxylic acids is 2. The fourth-order valence-electron chi connectivity index (χ4n) is 3.05. The fraction of sp³-hybridized carbons (Fsp3) is 0.300. The number of hydrogen-bond acceptors (Lipinski definition) is 4. The van der Waals surface area contributed by atoms with Gasteiger partial charge in [0, 0.05) is 22.3 Å². The molecule has 1 aliphatic heterocycles. The van der Waals surface area contributed by atoms with E-state index in [-0.39, 0.29) is 18.9 Å². The van der Waals surface area contributed by atoms with Crippen molar-refractivity contribution in [2.75, 3.05) is 25.2 Å². The van der Waals surface area contributed by atoms with Gasteiger partial charge >= 0.3 is 5.97 Å². The van der Waals surface area contributed by atoms with E-state index < -0.39 is 5.97 Å². The summed E-state index contributed by atoms with van der Waals surface area (Å²) in [5.41, 5.74) is 2.49. The molecular formula is C20H19Cl2NO4. The van der Waals surface area contributed by atoms with Gasteiger partial charge in [-0.1, -0.05) is 29.3 Å². The molecule has 0 spiro atoms. The molecule has 27 heavy (non-hydrogen) atoms. The molecule has 0 aromatic heterocycles.